The van der Waals surface area contributed by atoms with Crippen molar-refractivity contribution in [2.24, 2.45) is 0 Å². The van der Waals surface area contributed by atoms with Crippen molar-refractivity contribution in [3.8, 4) is 0 Å². The van der Waals surface area contributed by atoms with Crippen molar-refractivity contribution in [2.75, 3.05) is 12.8 Å². The van der Waals surface area contributed by atoms with Crippen molar-refractivity contribution < 1.29 is 26.8 Å². The van der Waals surface area contributed by atoms with Crippen molar-refractivity contribution in [1.82, 2.24) is 4.57 Å². The lowest BCUT2D eigenvalue weighted by Gasteiger charge is -2.27. The van der Waals surface area contributed by atoms with Gasteiger partial charge in [-0.25, -0.2) is 21.8 Å². The summed E-state index contributed by atoms with van der Waals surface area (Å²) < 4.78 is 57.7. The SMILES string of the molecule is CO[n+]1c(C)ccc2c(S(=O)(=O)c3ccccc3)c(N)n(C3CCC(F)(F)CC3)c21. The number of alkyl halides is 2. The van der Waals surface area contributed by atoms with Crippen LogP contribution < -0.4 is 15.3 Å². The predicted octanol–water partition coefficient (Wildman–Crippen LogP) is 3.46. The number of nitrogens with two attached hydrogens (primary N) is 1. The largest absolute Gasteiger partial charge is 0.365 e. The molecule has 2 N–H and O–H groups in total. The lowest BCUT2D eigenvalue weighted by molar-refractivity contribution is -0.871. The fourth-order valence-corrected chi connectivity index (χ4v) is 5.85. The van der Waals surface area contributed by atoms with Crippen LogP contribution in [0.1, 0.15) is 37.4 Å². The van der Waals surface area contributed by atoms with Gasteiger partial charge in [0.1, 0.15) is 18.8 Å². The smallest absolute Gasteiger partial charge is 0.331 e. The number of halogens is 2. The Labute approximate surface area is 173 Å². The van der Waals surface area contributed by atoms with Gasteiger partial charge in [0, 0.05) is 19.8 Å². The summed E-state index contributed by atoms with van der Waals surface area (Å²) in [6.07, 6.45) is -0.139. The molecule has 0 unspecified atom stereocenters. The minimum atomic E-state index is -3.94. The van der Waals surface area contributed by atoms with Gasteiger partial charge >= 0.3 is 5.65 Å². The van der Waals surface area contributed by atoms with Crippen LogP contribution in [-0.4, -0.2) is 26.0 Å². The van der Waals surface area contributed by atoms with Crippen LogP contribution >= 0.6 is 0 Å². The Morgan fingerprint density at radius 3 is 2.37 bits per heavy atom. The number of hydrogen-bond donors (Lipinski definition) is 1. The summed E-state index contributed by atoms with van der Waals surface area (Å²) in [4.78, 5) is 5.61. The number of nitrogen functional groups attached to an aromatic ring is 1. The second-order valence-corrected chi connectivity index (χ2v) is 9.56. The quantitative estimate of drug-likeness (QED) is 0.636. The molecule has 0 saturated heterocycles. The predicted molar refractivity (Wildman–Crippen MR) is 108 cm³/mol. The van der Waals surface area contributed by atoms with Crippen molar-refractivity contribution in [3.05, 3.63) is 48.2 Å². The second-order valence-electron chi connectivity index (χ2n) is 7.68. The lowest BCUT2D eigenvalue weighted by atomic mass is 9.92. The number of hydrogen-bond acceptors (Lipinski definition) is 4. The van der Waals surface area contributed by atoms with E-state index in [4.69, 9.17) is 10.6 Å². The molecule has 2 heterocycles. The molecule has 1 aliphatic rings. The van der Waals surface area contributed by atoms with E-state index in [1.807, 2.05) is 6.92 Å². The van der Waals surface area contributed by atoms with E-state index in [-0.39, 0.29) is 47.3 Å². The van der Waals surface area contributed by atoms with E-state index >= 15 is 0 Å². The molecule has 3 aromatic rings. The Morgan fingerprint density at radius 2 is 1.77 bits per heavy atom. The maximum Gasteiger partial charge on any atom is 0.331 e. The third-order valence-electron chi connectivity index (χ3n) is 5.77. The van der Waals surface area contributed by atoms with Crippen molar-refractivity contribution in [3.63, 3.8) is 0 Å². The molecule has 0 amide bonds. The van der Waals surface area contributed by atoms with Crippen molar-refractivity contribution >= 4 is 26.7 Å². The number of nitrogens with zero attached hydrogens (tertiary/aromatic N) is 2. The van der Waals surface area contributed by atoms with E-state index in [0.717, 1.165) is 5.69 Å². The summed E-state index contributed by atoms with van der Waals surface area (Å²) in [5.41, 5.74) is 7.63. The summed E-state index contributed by atoms with van der Waals surface area (Å²) in [5, 5.41) is 0.404. The molecule has 4 rings (SSSR count). The maximum atomic E-state index is 13.8. The van der Waals surface area contributed by atoms with Crippen LogP contribution in [0.4, 0.5) is 14.6 Å². The molecule has 1 aliphatic carbocycles. The molecule has 160 valence electrons. The molecule has 1 aromatic carbocycles. The fourth-order valence-electron chi connectivity index (χ4n) is 4.27. The number of aromatic nitrogens is 2. The van der Waals surface area contributed by atoms with Gasteiger partial charge in [0.15, 0.2) is 4.90 Å². The van der Waals surface area contributed by atoms with E-state index in [9.17, 15) is 17.2 Å². The minimum absolute atomic E-state index is 0.0215. The molecule has 0 radical (unpaired) electrons. The molecular formula is C21H24F2N3O3S+. The third kappa shape index (κ3) is 3.21. The zero-order valence-corrected chi connectivity index (χ0v) is 17.6. The maximum absolute atomic E-state index is 13.8. The Balaban J connectivity index is 2.01. The highest BCUT2D eigenvalue weighted by Gasteiger charge is 2.42. The third-order valence-corrected chi connectivity index (χ3v) is 7.63. The first-order chi connectivity index (χ1) is 14.2. The van der Waals surface area contributed by atoms with Gasteiger partial charge in [0.2, 0.25) is 21.6 Å². The van der Waals surface area contributed by atoms with Crippen LogP contribution in [0, 0.1) is 6.92 Å². The van der Waals surface area contributed by atoms with Crippen molar-refractivity contribution in [1.29, 1.82) is 0 Å². The molecule has 6 nitrogen and oxygen atoms in total. The Kier molecular flexibility index (Phi) is 4.96. The number of fused-ring (bicyclic) bond motifs is 1. The summed E-state index contributed by atoms with van der Waals surface area (Å²) >= 11 is 0. The van der Waals surface area contributed by atoms with Crippen LogP contribution in [0.5, 0.6) is 0 Å². The highest BCUT2D eigenvalue weighted by Crippen LogP contribution is 2.43. The Morgan fingerprint density at radius 1 is 1.13 bits per heavy atom. The van der Waals surface area contributed by atoms with E-state index in [2.05, 4.69) is 0 Å². The molecule has 0 bridgehead atoms. The molecule has 1 saturated carbocycles. The van der Waals surface area contributed by atoms with Gasteiger partial charge in [-0.3, -0.25) is 0 Å². The van der Waals surface area contributed by atoms with Gasteiger partial charge in [-0.05, 0) is 41.8 Å². The summed E-state index contributed by atoms with van der Waals surface area (Å²) in [6, 6.07) is 11.1. The average Bonchev–Trinajstić information content (AvgIpc) is 3.01. The Hall–Kier alpha value is -2.68. The first-order valence-corrected chi connectivity index (χ1v) is 11.2. The summed E-state index contributed by atoms with van der Waals surface area (Å²) in [5.74, 6) is -2.67. The van der Waals surface area contributed by atoms with E-state index in [0.29, 0.717) is 11.0 Å². The van der Waals surface area contributed by atoms with Gasteiger partial charge < -0.3 is 10.6 Å². The Bertz CT molecular complexity index is 1200. The van der Waals surface area contributed by atoms with Crippen LogP contribution in [0.25, 0.3) is 11.0 Å². The van der Waals surface area contributed by atoms with Crippen molar-refractivity contribution in [2.45, 2.75) is 54.4 Å². The van der Waals surface area contributed by atoms with Gasteiger partial charge in [0.05, 0.1) is 10.3 Å². The van der Waals surface area contributed by atoms with E-state index in [1.165, 1.54) is 24.0 Å². The van der Waals surface area contributed by atoms with Gasteiger partial charge in [-0.1, -0.05) is 18.2 Å². The minimum Gasteiger partial charge on any atom is -0.365 e. The van der Waals surface area contributed by atoms with Crippen LogP contribution in [0.3, 0.4) is 0 Å². The number of sulfone groups is 1. The molecule has 30 heavy (non-hydrogen) atoms. The molecule has 9 heteroatoms. The normalized spacial score (nSPS) is 17.3. The summed E-state index contributed by atoms with van der Waals surface area (Å²) in [7, 11) is -2.47. The zero-order chi connectivity index (χ0) is 21.7. The number of benzene rings is 1. The molecule has 0 aliphatic heterocycles. The van der Waals surface area contributed by atoms with Crippen LogP contribution in [0.15, 0.2) is 52.3 Å². The van der Waals surface area contributed by atoms with E-state index in [1.54, 1.807) is 34.9 Å². The standard InChI is InChI=1S/C21H24F2N3O3S/c1-14-8-9-17-18(30(27,28)16-6-4-3-5-7-16)19(24)25(20(17)26(14)29-2)15-10-12-21(22,23)13-11-15/h3-9,15H,10-13,24H2,1-2H3/q+1. The highest BCUT2D eigenvalue weighted by atomic mass is 32.2. The van der Waals surface area contributed by atoms with Crippen LogP contribution in [-0.2, 0) is 9.84 Å². The van der Waals surface area contributed by atoms with E-state index < -0.39 is 15.8 Å². The fraction of sp³-hybridized carbons (Fsp3) is 0.381. The van der Waals surface area contributed by atoms with Crippen LogP contribution in [0.2, 0.25) is 0 Å². The topological polar surface area (TPSA) is 78.2 Å². The molecule has 0 atom stereocenters. The number of pyridine rings is 1. The number of rotatable bonds is 4. The monoisotopic (exact) mass is 436 g/mol. The first kappa shape index (κ1) is 20.6. The number of anilines is 1. The molecule has 1 fully saturated rings. The zero-order valence-electron chi connectivity index (χ0n) is 16.8. The molecule has 2 aromatic heterocycles. The van der Waals surface area contributed by atoms with Gasteiger partial charge in [-0.15, -0.1) is 0 Å². The van der Waals surface area contributed by atoms with Gasteiger partial charge in [0.25, 0.3) is 0 Å². The summed E-state index contributed by atoms with van der Waals surface area (Å²) in [6.45, 7) is 1.82. The first-order valence-electron chi connectivity index (χ1n) is 9.75. The second kappa shape index (κ2) is 7.23. The molecule has 0 spiro atoms. The van der Waals surface area contributed by atoms with Gasteiger partial charge in [-0.2, -0.15) is 0 Å². The average molecular weight is 437 g/mol. The number of aryl methyl sites for hydroxylation is 1. The lowest BCUT2D eigenvalue weighted by Crippen LogP contribution is -2.46. The molecular weight excluding hydrogens is 412 g/mol. The highest BCUT2D eigenvalue weighted by molar-refractivity contribution is 7.92.